The molecule has 2 saturated heterocycles. The van der Waals surface area contributed by atoms with E-state index in [1.54, 1.807) is 0 Å². The Balaban J connectivity index is 1.45. The zero-order valence-electron chi connectivity index (χ0n) is 16.9. The highest BCUT2D eigenvalue weighted by Crippen LogP contribution is 2.33. The molecule has 152 valence electrons. The van der Waals surface area contributed by atoms with Crippen molar-refractivity contribution in [2.45, 2.75) is 57.9 Å². The van der Waals surface area contributed by atoms with Crippen LogP contribution in [0.25, 0.3) is 0 Å². The van der Waals surface area contributed by atoms with Gasteiger partial charge in [-0.05, 0) is 63.2 Å². The van der Waals surface area contributed by atoms with E-state index >= 15 is 0 Å². The van der Waals surface area contributed by atoms with Crippen LogP contribution in [0.1, 0.15) is 56.9 Å². The number of hydrogen-bond donors (Lipinski definition) is 1. The Morgan fingerprint density at radius 1 is 0.857 bits per heavy atom. The SMILES string of the molecule is O=C(Nc1ccccc1CN1CCCC1)[C@H]1CCCC[C@H]1C(=O)N1CCCC1. The van der Waals surface area contributed by atoms with E-state index in [1.807, 2.05) is 23.1 Å². The van der Waals surface area contributed by atoms with E-state index in [4.69, 9.17) is 0 Å². The Labute approximate surface area is 168 Å². The number of para-hydroxylation sites is 1. The predicted octanol–water partition coefficient (Wildman–Crippen LogP) is 3.65. The Morgan fingerprint density at radius 2 is 1.50 bits per heavy atom. The minimum absolute atomic E-state index is 0.0334. The van der Waals surface area contributed by atoms with E-state index in [1.165, 1.54) is 18.4 Å². The van der Waals surface area contributed by atoms with Crippen LogP contribution in [-0.4, -0.2) is 47.8 Å². The van der Waals surface area contributed by atoms with E-state index in [0.717, 1.165) is 76.9 Å². The second kappa shape index (κ2) is 9.08. The molecular weight excluding hydrogens is 350 g/mol. The van der Waals surface area contributed by atoms with E-state index in [-0.39, 0.29) is 23.7 Å². The number of amides is 2. The third-order valence-corrected chi connectivity index (χ3v) is 6.71. The maximum atomic E-state index is 13.2. The first-order valence-corrected chi connectivity index (χ1v) is 11.1. The van der Waals surface area contributed by atoms with Crippen LogP contribution in [0.15, 0.2) is 24.3 Å². The van der Waals surface area contributed by atoms with Crippen molar-refractivity contribution in [1.82, 2.24) is 9.80 Å². The molecule has 4 rings (SSSR count). The van der Waals surface area contributed by atoms with Crippen LogP contribution in [0, 0.1) is 11.8 Å². The monoisotopic (exact) mass is 383 g/mol. The number of likely N-dealkylation sites (tertiary alicyclic amines) is 2. The smallest absolute Gasteiger partial charge is 0.228 e. The largest absolute Gasteiger partial charge is 0.342 e. The van der Waals surface area contributed by atoms with Crippen molar-refractivity contribution in [1.29, 1.82) is 0 Å². The normalized spacial score (nSPS) is 25.8. The fourth-order valence-electron chi connectivity index (χ4n) is 5.10. The van der Waals surface area contributed by atoms with Crippen LogP contribution in [0.5, 0.6) is 0 Å². The van der Waals surface area contributed by atoms with Gasteiger partial charge in [-0.2, -0.15) is 0 Å². The summed E-state index contributed by atoms with van der Waals surface area (Å²) in [6.07, 6.45) is 8.48. The fraction of sp³-hybridized carbons (Fsp3) is 0.652. The average molecular weight is 384 g/mol. The molecule has 2 amide bonds. The molecule has 1 aromatic rings. The maximum absolute atomic E-state index is 13.2. The maximum Gasteiger partial charge on any atom is 0.228 e. The van der Waals surface area contributed by atoms with Gasteiger partial charge < -0.3 is 10.2 Å². The van der Waals surface area contributed by atoms with Gasteiger partial charge in [-0.1, -0.05) is 31.0 Å². The number of hydrogen-bond acceptors (Lipinski definition) is 3. The van der Waals surface area contributed by atoms with Gasteiger partial charge in [0.25, 0.3) is 0 Å². The Kier molecular flexibility index (Phi) is 6.30. The molecule has 0 radical (unpaired) electrons. The summed E-state index contributed by atoms with van der Waals surface area (Å²) in [7, 11) is 0. The Hall–Kier alpha value is -1.88. The molecule has 5 nitrogen and oxygen atoms in total. The van der Waals surface area contributed by atoms with E-state index in [0.29, 0.717) is 0 Å². The number of carbonyl (C=O) groups excluding carboxylic acids is 2. The van der Waals surface area contributed by atoms with Crippen molar-refractivity contribution < 1.29 is 9.59 Å². The molecule has 0 unspecified atom stereocenters. The van der Waals surface area contributed by atoms with Crippen LogP contribution < -0.4 is 5.32 Å². The summed E-state index contributed by atoms with van der Waals surface area (Å²) in [5, 5.41) is 3.19. The third kappa shape index (κ3) is 4.40. The van der Waals surface area contributed by atoms with Crippen molar-refractivity contribution in [3.63, 3.8) is 0 Å². The zero-order valence-corrected chi connectivity index (χ0v) is 16.9. The van der Waals surface area contributed by atoms with Gasteiger partial charge in [0.15, 0.2) is 0 Å². The first-order valence-electron chi connectivity index (χ1n) is 11.1. The summed E-state index contributed by atoms with van der Waals surface area (Å²) in [6.45, 7) is 4.89. The Bertz CT molecular complexity index is 693. The lowest BCUT2D eigenvalue weighted by atomic mass is 9.77. The minimum Gasteiger partial charge on any atom is -0.342 e. The van der Waals surface area contributed by atoms with Crippen molar-refractivity contribution >= 4 is 17.5 Å². The van der Waals surface area contributed by atoms with Crippen LogP contribution >= 0.6 is 0 Å². The number of rotatable bonds is 5. The average Bonchev–Trinajstić information content (AvgIpc) is 3.43. The van der Waals surface area contributed by atoms with E-state index < -0.39 is 0 Å². The minimum atomic E-state index is -0.193. The van der Waals surface area contributed by atoms with Gasteiger partial charge in [-0.15, -0.1) is 0 Å². The number of benzene rings is 1. The Morgan fingerprint density at radius 3 is 2.25 bits per heavy atom. The van der Waals surface area contributed by atoms with E-state index in [9.17, 15) is 9.59 Å². The van der Waals surface area contributed by atoms with Crippen LogP contribution in [0.2, 0.25) is 0 Å². The lowest BCUT2D eigenvalue weighted by Crippen LogP contribution is -2.42. The topological polar surface area (TPSA) is 52.7 Å². The highest BCUT2D eigenvalue weighted by atomic mass is 16.2. The lowest BCUT2D eigenvalue weighted by Gasteiger charge is -2.32. The molecule has 2 heterocycles. The molecule has 28 heavy (non-hydrogen) atoms. The molecule has 0 spiro atoms. The van der Waals surface area contributed by atoms with Crippen LogP contribution in [0.3, 0.4) is 0 Å². The molecule has 1 N–H and O–H groups in total. The summed E-state index contributed by atoms with van der Waals surface area (Å²) in [5.41, 5.74) is 2.09. The summed E-state index contributed by atoms with van der Waals surface area (Å²) < 4.78 is 0. The van der Waals surface area contributed by atoms with Crippen molar-refractivity contribution in [3.05, 3.63) is 29.8 Å². The van der Waals surface area contributed by atoms with E-state index in [2.05, 4.69) is 16.3 Å². The van der Waals surface area contributed by atoms with Gasteiger partial charge in [0.05, 0.1) is 0 Å². The predicted molar refractivity (Wildman–Crippen MR) is 111 cm³/mol. The van der Waals surface area contributed by atoms with Gasteiger partial charge >= 0.3 is 0 Å². The highest BCUT2D eigenvalue weighted by Gasteiger charge is 2.38. The molecule has 2 atom stereocenters. The number of carbonyl (C=O) groups is 2. The molecule has 3 fully saturated rings. The van der Waals surface area contributed by atoms with Gasteiger partial charge in [-0.3, -0.25) is 14.5 Å². The first kappa shape index (κ1) is 19.4. The van der Waals surface area contributed by atoms with Crippen molar-refractivity contribution in [3.8, 4) is 0 Å². The van der Waals surface area contributed by atoms with Gasteiger partial charge in [0, 0.05) is 37.2 Å². The van der Waals surface area contributed by atoms with Crippen molar-refractivity contribution in [2.24, 2.45) is 11.8 Å². The second-order valence-corrected chi connectivity index (χ2v) is 8.66. The molecule has 1 saturated carbocycles. The molecule has 1 aromatic carbocycles. The number of anilines is 1. The molecule has 3 aliphatic rings. The summed E-state index contributed by atoms with van der Waals surface area (Å²) in [5.74, 6) is -0.0897. The van der Waals surface area contributed by atoms with Crippen LogP contribution in [0.4, 0.5) is 5.69 Å². The number of nitrogens with one attached hydrogen (secondary N) is 1. The van der Waals surface area contributed by atoms with Gasteiger partial charge in [0.1, 0.15) is 0 Å². The van der Waals surface area contributed by atoms with Crippen molar-refractivity contribution in [2.75, 3.05) is 31.5 Å². The van der Waals surface area contributed by atoms with Crippen LogP contribution in [-0.2, 0) is 16.1 Å². The molecule has 5 heteroatoms. The third-order valence-electron chi connectivity index (χ3n) is 6.71. The van der Waals surface area contributed by atoms with Gasteiger partial charge in [-0.25, -0.2) is 0 Å². The molecule has 1 aliphatic carbocycles. The summed E-state index contributed by atoms with van der Waals surface area (Å²) in [6, 6.07) is 8.14. The molecular formula is C23H33N3O2. The van der Waals surface area contributed by atoms with Gasteiger partial charge in [0.2, 0.25) is 11.8 Å². The highest BCUT2D eigenvalue weighted by molar-refractivity contribution is 5.96. The lowest BCUT2D eigenvalue weighted by molar-refractivity contribution is -0.141. The fourth-order valence-corrected chi connectivity index (χ4v) is 5.10. The molecule has 2 aliphatic heterocycles. The summed E-state index contributed by atoms with van der Waals surface area (Å²) in [4.78, 5) is 30.6. The molecule has 0 bridgehead atoms. The first-order chi connectivity index (χ1) is 13.7. The quantitative estimate of drug-likeness (QED) is 0.844. The zero-order chi connectivity index (χ0) is 19.3. The molecule has 0 aromatic heterocycles. The standard InChI is InChI=1S/C23H33N3O2/c27-22(19-10-2-3-11-20(19)23(28)26-15-7-8-16-26)24-21-12-4-1-9-18(21)17-25-13-5-6-14-25/h1,4,9,12,19-20H,2-3,5-8,10-11,13-17H2,(H,24,27)/t19-,20+/m0/s1. The number of nitrogens with zero attached hydrogens (tertiary/aromatic N) is 2. The second-order valence-electron chi connectivity index (χ2n) is 8.66. The summed E-state index contributed by atoms with van der Waals surface area (Å²) >= 11 is 0.